The van der Waals surface area contributed by atoms with E-state index < -0.39 is 12.0 Å². The van der Waals surface area contributed by atoms with Gasteiger partial charge in [0, 0.05) is 32.8 Å². The highest BCUT2D eigenvalue weighted by molar-refractivity contribution is 7.98. The van der Waals surface area contributed by atoms with E-state index in [1.807, 2.05) is 42.2 Å². The minimum absolute atomic E-state index is 0.0119. The average molecular weight is 748 g/mol. The van der Waals surface area contributed by atoms with Crippen LogP contribution in [0.3, 0.4) is 0 Å². The molecule has 3 aromatic carbocycles. The van der Waals surface area contributed by atoms with Crippen LogP contribution in [0.4, 0.5) is 4.79 Å². The quantitative estimate of drug-likeness (QED) is 0.0995. The molecule has 3 aromatic rings. The van der Waals surface area contributed by atoms with Gasteiger partial charge in [0.2, 0.25) is 5.91 Å². The van der Waals surface area contributed by atoms with Gasteiger partial charge in [-0.3, -0.25) is 4.79 Å². The van der Waals surface area contributed by atoms with E-state index in [1.165, 1.54) is 0 Å². The second-order valence-electron chi connectivity index (χ2n) is 12.5. The summed E-state index contributed by atoms with van der Waals surface area (Å²) in [4.78, 5) is 27.6. The molecule has 0 aromatic heterocycles. The van der Waals surface area contributed by atoms with E-state index in [9.17, 15) is 14.7 Å². The minimum atomic E-state index is -1.16. The second-order valence-corrected chi connectivity index (χ2v) is 14.3. The Bertz CT molecular complexity index is 1520. The van der Waals surface area contributed by atoms with Crippen LogP contribution in [0.25, 0.3) is 0 Å². The third-order valence-corrected chi connectivity index (χ3v) is 9.48. The van der Waals surface area contributed by atoms with E-state index in [2.05, 4.69) is 23.7 Å². The highest BCUT2D eigenvalue weighted by atomic mass is 35.5. The van der Waals surface area contributed by atoms with Gasteiger partial charge in [0.25, 0.3) is 0 Å². The lowest BCUT2D eigenvalue weighted by molar-refractivity contribution is -0.136. The number of thioether (sulfide) groups is 1. The van der Waals surface area contributed by atoms with Crippen molar-refractivity contribution in [2.45, 2.75) is 58.0 Å². The summed E-state index contributed by atoms with van der Waals surface area (Å²) in [6, 6.07) is 17.4. The predicted octanol–water partition coefficient (Wildman–Crippen LogP) is 8.09. The summed E-state index contributed by atoms with van der Waals surface area (Å²) < 4.78 is 23.0. The Kier molecular flexibility index (Phi) is 16.2. The number of ether oxygens (including phenoxy) is 4. The molecule has 0 heterocycles. The first-order valence-corrected chi connectivity index (χ1v) is 19.1. The summed E-state index contributed by atoms with van der Waals surface area (Å²) in [5.41, 5.74) is 3.99. The molecule has 1 aliphatic carbocycles. The Balaban J connectivity index is 1.41. The number of carbonyl (C=O) groups excluding carboxylic acids is 1. The van der Waals surface area contributed by atoms with Crippen LogP contribution in [0.1, 0.15) is 47.9 Å². The average Bonchev–Trinajstić information content (AvgIpc) is 3.93. The Morgan fingerprint density at radius 1 is 0.900 bits per heavy atom. The van der Waals surface area contributed by atoms with Gasteiger partial charge in [-0.1, -0.05) is 41.4 Å². The number of nitrogens with zero attached hydrogens (tertiary/aromatic N) is 1. The zero-order valence-electron chi connectivity index (χ0n) is 29.1. The van der Waals surface area contributed by atoms with E-state index in [-0.39, 0.29) is 31.7 Å². The first-order valence-electron chi connectivity index (χ1n) is 17.0. The summed E-state index contributed by atoms with van der Waals surface area (Å²) in [7, 11) is 1.70. The summed E-state index contributed by atoms with van der Waals surface area (Å²) in [6.45, 7) is 4.17. The number of benzene rings is 3. The molecule has 1 saturated carbocycles. The normalized spacial score (nSPS) is 13.1. The third-order valence-electron chi connectivity index (χ3n) is 8.22. The fourth-order valence-corrected chi connectivity index (χ4v) is 6.77. The molecule has 2 amide bonds. The van der Waals surface area contributed by atoms with Crippen LogP contribution in [-0.2, 0) is 28.9 Å². The molecule has 1 atom stereocenters. The molecule has 9 nitrogen and oxygen atoms in total. The number of hydrogen-bond acceptors (Lipinski definition) is 7. The number of methoxy groups -OCH3 is 1. The molecule has 0 bridgehead atoms. The predicted molar refractivity (Wildman–Crippen MR) is 201 cm³/mol. The Hall–Kier alpha value is -3.31. The lowest BCUT2D eigenvalue weighted by Crippen LogP contribution is -2.43. The lowest BCUT2D eigenvalue weighted by atomic mass is 9.97. The van der Waals surface area contributed by atoms with Gasteiger partial charge in [0.1, 0.15) is 24.7 Å². The highest BCUT2D eigenvalue weighted by Crippen LogP contribution is 2.34. The Morgan fingerprint density at radius 3 is 2.24 bits per heavy atom. The number of carbonyl (C=O) groups is 2. The monoisotopic (exact) mass is 746 g/mol. The van der Waals surface area contributed by atoms with Gasteiger partial charge < -0.3 is 34.3 Å². The molecule has 4 rings (SSSR count). The van der Waals surface area contributed by atoms with Crippen molar-refractivity contribution in [3.63, 3.8) is 0 Å². The van der Waals surface area contributed by atoms with E-state index in [4.69, 9.17) is 42.1 Å². The molecule has 0 radical (unpaired) electrons. The second kappa shape index (κ2) is 20.5. The van der Waals surface area contributed by atoms with Crippen LogP contribution in [0, 0.1) is 12.8 Å². The summed E-state index contributed by atoms with van der Waals surface area (Å²) in [5.74, 6) is 2.25. The maximum Gasteiger partial charge on any atom is 0.404 e. The lowest BCUT2D eigenvalue weighted by Gasteiger charge is -2.28. The topological polar surface area (TPSA) is 107 Å². The van der Waals surface area contributed by atoms with Crippen LogP contribution in [0.2, 0.25) is 10.0 Å². The van der Waals surface area contributed by atoms with Gasteiger partial charge >= 0.3 is 6.09 Å². The van der Waals surface area contributed by atoms with Crippen LogP contribution in [0.15, 0.2) is 54.6 Å². The largest absolute Gasteiger partial charge is 0.494 e. The van der Waals surface area contributed by atoms with Crippen LogP contribution in [-0.4, -0.2) is 80.1 Å². The number of aryl methyl sites for hydroxylation is 2. The van der Waals surface area contributed by atoms with Crippen LogP contribution < -0.4 is 19.5 Å². The van der Waals surface area contributed by atoms with Crippen LogP contribution >= 0.6 is 35.0 Å². The molecule has 1 unspecified atom stereocenters. The maximum absolute atomic E-state index is 14.2. The fourth-order valence-electron chi connectivity index (χ4n) is 5.66. The Morgan fingerprint density at radius 2 is 1.58 bits per heavy atom. The van der Waals surface area contributed by atoms with Gasteiger partial charge in [-0.25, -0.2) is 4.79 Å². The molecule has 0 spiro atoms. The molecule has 0 aliphatic heterocycles. The molecular weight excluding hydrogens is 699 g/mol. The van der Waals surface area contributed by atoms with Crippen molar-refractivity contribution in [3.8, 4) is 17.2 Å². The van der Waals surface area contributed by atoms with E-state index in [1.54, 1.807) is 31.0 Å². The van der Waals surface area contributed by atoms with Gasteiger partial charge in [-0.2, -0.15) is 11.8 Å². The standard InChI is InChI=1S/C38H48Cl2N2O7S/c1-26-18-34(39)36(35(40)19-26)49-16-15-48-32-11-7-27(8-12-32)21-30(24-41-38(44)45)37(43)42(31-9-10-31)25-29-20-28(6-4-13-46-2)22-33(23-29)47-14-5-17-50-3/h7-8,11-12,18-20,22-23,30-31,41H,4-6,9-10,13-17,21,24-25H2,1-3H3,(H,44,45). The summed E-state index contributed by atoms with van der Waals surface area (Å²) in [5, 5.41) is 12.8. The van der Waals surface area contributed by atoms with E-state index in [0.29, 0.717) is 47.7 Å². The minimum Gasteiger partial charge on any atom is -0.494 e. The Labute approximate surface area is 309 Å². The molecule has 272 valence electrons. The molecule has 2 N–H and O–H groups in total. The van der Waals surface area contributed by atoms with Crippen molar-refractivity contribution >= 4 is 47.0 Å². The van der Waals surface area contributed by atoms with Crippen molar-refractivity contribution < 1.29 is 33.6 Å². The first kappa shape index (κ1) is 39.5. The van der Waals surface area contributed by atoms with Crippen molar-refractivity contribution in [2.24, 2.45) is 5.92 Å². The number of amides is 2. The van der Waals surface area contributed by atoms with E-state index in [0.717, 1.165) is 65.9 Å². The smallest absolute Gasteiger partial charge is 0.404 e. The fraction of sp³-hybridized carbons (Fsp3) is 0.474. The zero-order valence-corrected chi connectivity index (χ0v) is 31.4. The zero-order chi connectivity index (χ0) is 35.9. The van der Waals surface area contributed by atoms with E-state index >= 15 is 0 Å². The number of hydrogen-bond donors (Lipinski definition) is 2. The third kappa shape index (κ3) is 13.1. The van der Waals surface area contributed by atoms with Crippen molar-refractivity contribution in [1.82, 2.24) is 10.2 Å². The van der Waals surface area contributed by atoms with Gasteiger partial charge in [0.05, 0.1) is 22.6 Å². The number of halogens is 2. The van der Waals surface area contributed by atoms with Gasteiger partial charge in [0.15, 0.2) is 5.75 Å². The molecular formula is C38H48Cl2N2O7S. The molecule has 0 saturated heterocycles. The van der Waals surface area contributed by atoms with Crippen LogP contribution in [0.5, 0.6) is 17.2 Å². The maximum atomic E-state index is 14.2. The SMILES string of the molecule is COCCCc1cc(CN(C(=O)C(CNC(=O)O)Cc2ccc(OCCOc3c(Cl)cc(C)cc3Cl)cc2)C2CC2)cc(OCCCSC)c1. The van der Waals surface area contributed by atoms with Crippen molar-refractivity contribution in [2.75, 3.05) is 52.1 Å². The van der Waals surface area contributed by atoms with Crippen molar-refractivity contribution in [1.29, 1.82) is 0 Å². The van der Waals surface area contributed by atoms with Gasteiger partial charge in [-0.05, 0) is 116 Å². The number of rotatable bonds is 22. The molecule has 1 fully saturated rings. The first-order chi connectivity index (χ1) is 24.2. The molecule has 12 heteroatoms. The number of carboxylic acid groups (broad SMARTS) is 1. The summed E-state index contributed by atoms with van der Waals surface area (Å²) >= 11 is 14.3. The molecule has 1 aliphatic rings. The highest BCUT2D eigenvalue weighted by Gasteiger charge is 2.36. The molecule has 50 heavy (non-hydrogen) atoms. The number of nitrogens with one attached hydrogen (secondary N) is 1. The van der Waals surface area contributed by atoms with Crippen molar-refractivity contribution in [3.05, 3.63) is 86.9 Å². The summed E-state index contributed by atoms with van der Waals surface area (Å²) in [6.07, 6.45) is 5.82. The van der Waals surface area contributed by atoms with Gasteiger partial charge in [-0.15, -0.1) is 0 Å².